The molecule has 2 aliphatic heterocycles. The fourth-order valence-corrected chi connectivity index (χ4v) is 3.91. The zero-order valence-corrected chi connectivity index (χ0v) is 17.1. The Hall–Kier alpha value is -3.33. The van der Waals surface area contributed by atoms with E-state index in [4.69, 9.17) is 14.9 Å². The number of ether oxygens (including phenoxy) is 1. The molecule has 0 saturated carbocycles. The van der Waals surface area contributed by atoms with Crippen LogP contribution in [0, 0.1) is 0 Å². The number of nitrogens with one attached hydrogen (secondary N) is 1. The summed E-state index contributed by atoms with van der Waals surface area (Å²) in [7, 11) is 0. The normalized spacial score (nSPS) is 17.5. The number of fused-ring (bicyclic) bond motifs is 3. The first kappa shape index (κ1) is 18.7. The van der Waals surface area contributed by atoms with Gasteiger partial charge in [-0.2, -0.15) is 15.3 Å². The Morgan fingerprint density at radius 2 is 2.17 bits per heavy atom. The third-order valence-electron chi connectivity index (χ3n) is 5.41. The summed E-state index contributed by atoms with van der Waals surface area (Å²) in [6.07, 6.45) is 8.21. The summed E-state index contributed by atoms with van der Waals surface area (Å²) >= 11 is 0. The Balaban J connectivity index is 1.49. The van der Waals surface area contributed by atoms with E-state index in [0.717, 1.165) is 40.1 Å². The molecule has 4 heterocycles. The van der Waals surface area contributed by atoms with Crippen molar-refractivity contribution in [2.24, 2.45) is 5.10 Å². The van der Waals surface area contributed by atoms with Crippen molar-refractivity contribution in [3.8, 4) is 28.1 Å². The van der Waals surface area contributed by atoms with Crippen molar-refractivity contribution in [1.29, 1.82) is 0 Å². The Kier molecular flexibility index (Phi) is 4.66. The average Bonchev–Trinajstić information content (AvgIpc) is 3.46. The second-order valence-corrected chi connectivity index (χ2v) is 7.77. The monoisotopic (exact) mass is 407 g/mol. The standard InChI is InChI=1S/C21H25N7O2/c1-14(2)28-21(22-13-24-28)27-12-16-5-8-30-19-9-15(3-4-18(19)20(16)25-27)17-10-23-26(11-17)6-7-29/h3-4,9-14,21,29H,5-8H2,1-2H3,(H,22,24). The average molecular weight is 407 g/mol. The van der Waals surface area contributed by atoms with Crippen molar-refractivity contribution in [2.75, 3.05) is 13.2 Å². The van der Waals surface area contributed by atoms with E-state index in [1.807, 2.05) is 22.0 Å². The highest BCUT2D eigenvalue weighted by molar-refractivity contribution is 5.76. The second kappa shape index (κ2) is 7.49. The minimum atomic E-state index is -0.127. The van der Waals surface area contributed by atoms with Crippen LogP contribution in [-0.4, -0.2) is 55.3 Å². The summed E-state index contributed by atoms with van der Waals surface area (Å²) in [5.41, 5.74) is 5.11. The van der Waals surface area contributed by atoms with E-state index in [-0.39, 0.29) is 18.9 Å². The Morgan fingerprint density at radius 3 is 3.00 bits per heavy atom. The number of aliphatic hydroxyl groups is 1. The molecule has 30 heavy (non-hydrogen) atoms. The van der Waals surface area contributed by atoms with Gasteiger partial charge in [-0.25, -0.2) is 4.68 Å². The van der Waals surface area contributed by atoms with Gasteiger partial charge < -0.3 is 15.2 Å². The summed E-state index contributed by atoms with van der Waals surface area (Å²) in [5.74, 6) is 0.822. The minimum absolute atomic E-state index is 0.0645. The van der Waals surface area contributed by atoms with Crippen molar-refractivity contribution >= 4 is 6.34 Å². The van der Waals surface area contributed by atoms with E-state index in [2.05, 4.69) is 47.7 Å². The number of rotatable bonds is 5. The van der Waals surface area contributed by atoms with Gasteiger partial charge in [0, 0.05) is 41.5 Å². The van der Waals surface area contributed by atoms with Gasteiger partial charge in [0.15, 0.2) is 0 Å². The maximum Gasteiger partial charge on any atom is 0.214 e. The molecule has 2 N–H and O–H groups in total. The van der Waals surface area contributed by atoms with Crippen LogP contribution in [0.15, 0.2) is 41.9 Å². The molecule has 1 atom stereocenters. The maximum absolute atomic E-state index is 9.10. The molecule has 0 amide bonds. The summed E-state index contributed by atoms with van der Waals surface area (Å²) in [6, 6.07) is 6.43. The molecule has 2 aromatic heterocycles. The zero-order chi connectivity index (χ0) is 20.7. The van der Waals surface area contributed by atoms with E-state index in [1.165, 1.54) is 0 Å². The number of hydrogen-bond donors (Lipinski definition) is 2. The number of hydrogen-bond acceptors (Lipinski definition) is 7. The molecule has 2 aliphatic rings. The van der Waals surface area contributed by atoms with Gasteiger partial charge >= 0.3 is 0 Å². The number of nitrogens with zero attached hydrogens (tertiary/aromatic N) is 6. The third kappa shape index (κ3) is 3.21. The smallest absolute Gasteiger partial charge is 0.214 e. The van der Waals surface area contributed by atoms with Crippen LogP contribution in [0.5, 0.6) is 5.75 Å². The van der Waals surface area contributed by atoms with Crippen LogP contribution < -0.4 is 10.1 Å². The van der Waals surface area contributed by atoms with Crippen LogP contribution in [-0.2, 0) is 13.0 Å². The third-order valence-corrected chi connectivity index (χ3v) is 5.41. The second-order valence-electron chi connectivity index (χ2n) is 7.77. The number of aliphatic hydroxyl groups excluding tert-OH is 1. The molecule has 9 heteroatoms. The van der Waals surface area contributed by atoms with Gasteiger partial charge in [-0.05, 0) is 31.5 Å². The summed E-state index contributed by atoms with van der Waals surface area (Å²) in [5, 5.41) is 28.0. The fraction of sp³-hybridized carbons (Fsp3) is 0.381. The molecular weight excluding hydrogens is 382 g/mol. The Bertz CT molecular complexity index is 1080. The van der Waals surface area contributed by atoms with Crippen molar-refractivity contribution in [3.63, 3.8) is 0 Å². The Labute approximate surface area is 174 Å². The molecule has 5 rings (SSSR count). The first-order valence-electron chi connectivity index (χ1n) is 10.2. The lowest BCUT2D eigenvalue weighted by atomic mass is 10.0. The largest absolute Gasteiger partial charge is 0.493 e. The zero-order valence-electron chi connectivity index (χ0n) is 17.1. The molecule has 0 bridgehead atoms. The van der Waals surface area contributed by atoms with Gasteiger partial charge in [-0.3, -0.25) is 9.69 Å². The lowest BCUT2D eigenvalue weighted by molar-refractivity contribution is 0.106. The molecular formula is C21H25N7O2. The topological polar surface area (TPSA) is 92.7 Å². The highest BCUT2D eigenvalue weighted by Gasteiger charge is 2.28. The number of hydrazone groups is 1. The molecule has 0 fully saturated rings. The quantitative estimate of drug-likeness (QED) is 0.673. The van der Waals surface area contributed by atoms with Gasteiger partial charge in [-0.1, -0.05) is 6.07 Å². The first-order valence-corrected chi connectivity index (χ1v) is 10.2. The van der Waals surface area contributed by atoms with Crippen LogP contribution in [0.1, 0.15) is 25.7 Å². The lowest BCUT2D eigenvalue weighted by Gasteiger charge is -2.26. The van der Waals surface area contributed by atoms with Gasteiger partial charge in [0.2, 0.25) is 6.29 Å². The number of aromatic nitrogens is 4. The highest BCUT2D eigenvalue weighted by atomic mass is 16.5. The predicted molar refractivity (Wildman–Crippen MR) is 113 cm³/mol. The van der Waals surface area contributed by atoms with E-state index < -0.39 is 0 Å². The van der Waals surface area contributed by atoms with E-state index in [1.54, 1.807) is 17.2 Å². The van der Waals surface area contributed by atoms with Crippen molar-refractivity contribution in [2.45, 2.75) is 39.1 Å². The highest BCUT2D eigenvalue weighted by Crippen LogP contribution is 2.38. The van der Waals surface area contributed by atoms with Crippen LogP contribution in [0.2, 0.25) is 0 Å². The van der Waals surface area contributed by atoms with Crippen LogP contribution >= 0.6 is 0 Å². The van der Waals surface area contributed by atoms with Crippen molar-refractivity contribution in [3.05, 3.63) is 42.4 Å². The lowest BCUT2D eigenvalue weighted by Crippen LogP contribution is -2.37. The summed E-state index contributed by atoms with van der Waals surface area (Å²) in [6.45, 7) is 5.36. The van der Waals surface area contributed by atoms with Crippen LogP contribution in [0.4, 0.5) is 0 Å². The summed E-state index contributed by atoms with van der Waals surface area (Å²) < 4.78 is 9.74. The van der Waals surface area contributed by atoms with Gasteiger partial charge in [0.1, 0.15) is 12.1 Å². The predicted octanol–water partition coefficient (Wildman–Crippen LogP) is 2.05. The molecule has 156 valence electrons. The molecule has 0 aliphatic carbocycles. The van der Waals surface area contributed by atoms with Crippen molar-refractivity contribution < 1.29 is 9.84 Å². The molecule has 0 spiro atoms. The molecule has 3 aromatic rings. The van der Waals surface area contributed by atoms with Gasteiger partial charge in [0.25, 0.3) is 0 Å². The minimum Gasteiger partial charge on any atom is -0.493 e. The molecule has 1 aromatic carbocycles. The first-order chi connectivity index (χ1) is 14.6. The fourth-order valence-electron chi connectivity index (χ4n) is 3.91. The van der Waals surface area contributed by atoms with E-state index in [9.17, 15) is 0 Å². The van der Waals surface area contributed by atoms with Crippen molar-refractivity contribution in [1.82, 2.24) is 29.9 Å². The molecule has 0 radical (unpaired) electrons. The number of benzene rings is 1. The van der Waals surface area contributed by atoms with Gasteiger partial charge in [0.05, 0.1) is 31.6 Å². The van der Waals surface area contributed by atoms with E-state index in [0.29, 0.717) is 13.2 Å². The van der Waals surface area contributed by atoms with Gasteiger partial charge in [-0.15, -0.1) is 0 Å². The maximum atomic E-state index is 9.10. The SMILES string of the molecule is CC(C)N1N=CNC1n1cc2c(n1)-c1ccc(-c3cnn(CCO)c3)cc1OCC2. The summed E-state index contributed by atoms with van der Waals surface area (Å²) in [4.78, 5) is 0. The Morgan fingerprint density at radius 1 is 1.27 bits per heavy atom. The molecule has 1 unspecified atom stereocenters. The van der Waals surface area contributed by atoms with E-state index >= 15 is 0 Å². The van der Waals surface area contributed by atoms with Crippen LogP contribution in [0.3, 0.4) is 0 Å². The molecule has 9 nitrogen and oxygen atoms in total. The molecule has 0 saturated heterocycles. The van der Waals surface area contributed by atoms with Crippen LogP contribution in [0.25, 0.3) is 22.4 Å².